The zero-order chi connectivity index (χ0) is 7.98. The molecule has 0 heterocycles. The van der Waals surface area contributed by atoms with Gasteiger partial charge in [0.25, 0.3) is 0 Å². The maximum absolute atomic E-state index is 8.44. The van der Waals surface area contributed by atoms with Crippen molar-refractivity contribution in [2.45, 2.75) is 6.42 Å². The van der Waals surface area contributed by atoms with Gasteiger partial charge >= 0.3 is 0 Å². The molecule has 0 saturated carbocycles. The van der Waals surface area contributed by atoms with Crippen LogP contribution in [0, 0.1) is 0 Å². The number of rotatable bonds is 3. The standard InChI is InChI=1S/C6H9ClO2S/c1-9-6(10)3-2-5(7)4-8/h2,8H,3-4H2,1H3. The smallest absolute Gasteiger partial charge is 0.163 e. The van der Waals surface area contributed by atoms with E-state index in [1.165, 1.54) is 7.11 Å². The van der Waals surface area contributed by atoms with Crippen molar-refractivity contribution in [1.82, 2.24) is 0 Å². The summed E-state index contributed by atoms with van der Waals surface area (Å²) in [6, 6.07) is 0. The maximum atomic E-state index is 8.44. The Morgan fingerprint density at radius 2 is 2.40 bits per heavy atom. The first-order valence-electron chi connectivity index (χ1n) is 2.73. The van der Waals surface area contributed by atoms with Crippen molar-refractivity contribution < 1.29 is 9.84 Å². The molecule has 0 unspecified atom stereocenters. The first-order chi connectivity index (χ1) is 4.70. The van der Waals surface area contributed by atoms with Gasteiger partial charge in [-0.05, 0) is 12.2 Å². The lowest BCUT2D eigenvalue weighted by Crippen LogP contribution is -1.94. The van der Waals surface area contributed by atoms with Crippen molar-refractivity contribution in [2.75, 3.05) is 13.7 Å². The molecule has 0 spiro atoms. The first kappa shape index (κ1) is 9.88. The topological polar surface area (TPSA) is 29.5 Å². The average molecular weight is 181 g/mol. The molecule has 1 N–H and O–H groups in total. The highest BCUT2D eigenvalue weighted by molar-refractivity contribution is 7.80. The summed E-state index contributed by atoms with van der Waals surface area (Å²) in [4.78, 5) is 0. The van der Waals surface area contributed by atoms with E-state index in [4.69, 9.17) is 33.7 Å². The number of thiocarbonyl (C=S) groups is 1. The van der Waals surface area contributed by atoms with Crippen LogP contribution >= 0.6 is 23.8 Å². The van der Waals surface area contributed by atoms with Crippen molar-refractivity contribution >= 4 is 28.9 Å². The number of hydrogen-bond acceptors (Lipinski definition) is 3. The molecule has 2 nitrogen and oxygen atoms in total. The number of hydrogen-bond donors (Lipinski definition) is 1. The van der Waals surface area contributed by atoms with E-state index >= 15 is 0 Å². The summed E-state index contributed by atoms with van der Waals surface area (Å²) in [5.41, 5.74) is 0. The van der Waals surface area contributed by atoms with E-state index in [9.17, 15) is 0 Å². The lowest BCUT2D eigenvalue weighted by Gasteiger charge is -1.96. The Labute approximate surface area is 70.4 Å². The second-order valence-corrected chi connectivity index (χ2v) is 2.53. The Kier molecular flexibility index (Phi) is 5.58. The predicted molar refractivity (Wildman–Crippen MR) is 45.2 cm³/mol. The molecule has 0 bridgehead atoms. The van der Waals surface area contributed by atoms with Crippen molar-refractivity contribution in [3.05, 3.63) is 11.1 Å². The molecule has 0 amide bonds. The van der Waals surface area contributed by atoms with Gasteiger partial charge in [-0.15, -0.1) is 0 Å². The molecule has 0 fully saturated rings. The molecule has 10 heavy (non-hydrogen) atoms. The fourth-order valence-corrected chi connectivity index (χ4v) is 0.502. The predicted octanol–water partition coefficient (Wildman–Crippen LogP) is 1.47. The van der Waals surface area contributed by atoms with Gasteiger partial charge in [-0.2, -0.15) is 0 Å². The van der Waals surface area contributed by atoms with Crippen LogP contribution in [0.15, 0.2) is 11.1 Å². The number of halogens is 1. The van der Waals surface area contributed by atoms with Gasteiger partial charge in [0.15, 0.2) is 5.05 Å². The minimum absolute atomic E-state index is 0.145. The molecule has 0 aromatic carbocycles. The molecular weight excluding hydrogens is 172 g/mol. The monoisotopic (exact) mass is 180 g/mol. The van der Waals surface area contributed by atoms with Gasteiger partial charge in [0.05, 0.1) is 13.7 Å². The van der Waals surface area contributed by atoms with E-state index in [-0.39, 0.29) is 6.61 Å². The van der Waals surface area contributed by atoms with E-state index in [1.807, 2.05) is 0 Å². The van der Waals surface area contributed by atoms with Crippen LogP contribution < -0.4 is 0 Å². The van der Waals surface area contributed by atoms with Gasteiger partial charge in [-0.1, -0.05) is 17.7 Å². The Hall–Kier alpha value is -0.120. The SMILES string of the molecule is COC(=S)CC=C(Cl)CO. The largest absolute Gasteiger partial charge is 0.490 e. The van der Waals surface area contributed by atoms with E-state index < -0.39 is 0 Å². The Bertz CT molecular complexity index is 145. The lowest BCUT2D eigenvalue weighted by molar-refractivity contribution is 0.338. The van der Waals surface area contributed by atoms with Gasteiger partial charge in [0.1, 0.15) is 0 Å². The molecule has 0 aromatic rings. The van der Waals surface area contributed by atoms with Crippen molar-refractivity contribution in [3.8, 4) is 0 Å². The molecule has 0 aliphatic carbocycles. The number of methoxy groups -OCH3 is 1. The summed E-state index contributed by atoms with van der Waals surface area (Å²) in [6.07, 6.45) is 2.10. The van der Waals surface area contributed by atoms with Crippen LogP contribution in [-0.2, 0) is 4.74 Å². The van der Waals surface area contributed by atoms with Crippen LogP contribution in [0.5, 0.6) is 0 Å². The van der Waals surface area contributed by atoms with Gasteiger partial charge in [-0.25, -0.2) is 0 Å². The number of aliphatic hydroxyl groups excluding tert-OH is 1. The summed E-state index contributed by atoms with van der Waals surface area (Å²) in [7, 11) is 1.50. The van der Waals surface area contributed by atoms with E-state index in [2.05, 4.69) is 0 Å². The Morgan fingerprint density at radius 3 is 2.80 bits per heavy atom. The van der Waals surface area contributed by atoms with Crippen molar-refractivity contribution in [1.29, 1.82) is 0 Å². The second-order valence-electron chi connectivity index (χ2n) is 1.59. The van der Waals surface area contributed by atoms with Gasteiger partial charge in [-0.3, -0.25) is 0 Å². The average Bonchev–Trinajstić information content (AvgIpc) is 1.99. The molecule has 0 saturated heterocycles. The summed E-state index contributed by atoms with van der Waals surface area (Å²) in [5.74, 6) is 0. The fraction of sp³-hybridized carbons (Fsp3) is 0.500. The van der Waals surface area contributed by atoms with E-state index in [1.54, 1.807) is 6.08 Å². The molecule has 0 radical (unpaired) electrons. The maximum Gasteiger partial charge on any atom is 0.163 e. The van der Waals surface area contributed by atoms with E-state index in [0.717, 1.165) is 0 Å². The summed E-state index contributed by atoms with van der Waals surface area (Å²) in [5, 5.41) is 9.29. The van der Waals surface area contributed by atoms with Crippen molar-refractivity contribution in [3.63, 3.8) is 0 Å². The molecule has 58 valence electrons. The molecule has 0 aromatic heterocycles. The van der Waals surface area contributed by atoms with Crippen LogP contribution in [0.1, 0.15) is 6.42 Å². The minimum Gasteiger partial charge on any atom is -0.490 e. The van der Waals surface area contributed by atoms with Crippen LogP contribution in [0.2, 0.25) is 0 Å². The number of aliphatic hydroxyl groups is 1. The normalized spacial score (nSPS) is 11.3. The molecule has 4 heteroatoms. The van der Waals surface area contributed by atoms with Crippen LogP contribution in [-0.4, -0.2) is 23.9 Å². The molecule has 0 aliphatic heterocycles. The van der Waals surface area contributed by atoms with Crippen LogP contribution in [0.4, 0.5) is 0 Å². The first-order valence-corrected chi connectivity index (χ1v) is 3.51. The second kappa shape index (κ2) is 5.65. The number of ether oxygens (including phenoxy) is 1. The lowest BCUT2D eigenvalue weighted by atomic mass is 10.4. The highest BCUT2D eigenvalue weighted by Crippen LogP contribution is 2.01. The van der Waals surface area contributed by atoms with E-state index in [0.29, 0.717) is 16.5 Å². The molecular formula is C6H9ClO2S. The summed E-state index contributed by atoms with van der Waals surface area (Å²) < 4.78 is 4.69. The van der Waals surface area contributed by atoms with Gasteiger partial charge in [0, 0.05) is 11.5 Å². The zero-order valence-electron chi connectivity index (χ0n) is 5.63. The van der Waals surface area contributed by atoms with Gasteiger partial charge in [0.2, 0.25) is 0 Å². The summed E-state index contributed by atoms with van der Waals surface area (Å²) in [6.45, 7) is -0.145. The Balaban J connectivity index is 3.61. The quantitative estimate of drug-likeness (QED) is 0.667. The molecule has 0 rings (SSSR count). The fourth-order valence-electron chi connectivity index (χ4n) is 0.342. The highest BCUT2D eigenvalue weighted by atomic mass is 35.5. The van der Waals surface area contributed by atoms with Crippen molar-refractivity contribution in [2.24, 2.45) is 0 Å². The van der Waals surface area contributed by atoms with Crippen LogP contribution in [0.3, 0.4) is 0 Å². The Morgan fingerprint density at radius 1 is 1.80 bits per heavy atom. The minimum atomic E-state index is -0.145. The third-order valence-electron chi connectivity index (χ3n) is 0.869. The third kappa shape index (κ3) is 4.73. The summed E-state index contributed by atoms with van der Waals surface area (Å²) >= 11 is 10.2. The molecule has 0 aliphatic rings. The third-order valence-corrected chi connectivity index (χ3v) is 1.48. The van der Waals surface area contributed by atoms with Crippen LogP contribution in [0.25, 0.3) is 0 Å². The molecule has 0 atom stereocenters. The zero-order valence-corrected chi connectivity index (χ0v) is 7.21. The highest BCUT2D eigenvalue weighted by Gasteiger charge is 1.92. The van der Waals surface area contributed by atoms with Gasteiger partial charge < -0.3 is 9.84 Å².